The van der Waals surface area contributed by atoms with Gasteiger partial charge in [-0.15, -0.1) is 11.3 Å². The first-order chi connectivity index (χ1) is 8.58. The Bertz CT molecular complexity index is 566. The number of thiazole rings is 1. The maximum Gasteiger partial charge on any atom is 0.278 e. The minimum Gasteiger partial charge on any atom is -0.328 e. The molecule has 1 aromatic carbocycles. The van der Waals surface area contributed by atoms with Crippen LogP contribution in [0, 0.1) is 10.1 Å². The molecule has 2 aromatic rings. The van der Waals surface area contributed by atoms with Gasteiger partial charge in [-0.2, -0.15) is 0 Å². The van der Waals surface area contributed by atoms with E-state index in [9.17, 15) is 10.1 Å². The molecule has 0 aliphatic carbocycles. The lowest BCUT2D eigenvalue weighted by Crippen LogP contribution is -2.17. The van der Waals surface area contributed by atoms with Gasteiger partial charge in [-0.3, -0.25) is 10.1 Å². The van der Waals surface area contributed by atoms with Crippen molar-refractivity contribution in [3.05, 3.63) is 44.8 Å². The average molecular weight is 263 g/mol. The smallest absolute Gasteiger partial charge is 0.278 e. The van der Waals surface area contributed by atoms with Crippen molar-refractivity contribution in [2.75, 3.05) is 0 Å². The zero-order valence-electron chi connectivity index (χ0n) is 9.87. The summed E-state index contributed by atoms with van der Waals surface area (Å²) in [6.45, 7) is 1.91. The van der Waals surface area contributed by atoms with E-state index < -0.39 is 0 Å². The molecule has 18 heavy (non-hydrogen) atoms. The summed E-state index contributed by atoms with van der Waals surface area (Å²) in [5.41, 5.74) is 6.98. The first kappa shape index (κ1) is 12.7. The van der Waals surface area contributed by atoms with E-state index in [1.807, 2.05) is 12.3 Å². The van der Waals surface area contributed by atoms with Crippen molar-refractivity contribution in [1.82, 2.24) is 4.98 Å². The number of benzene rings is 1. The van der Waals surface area contributed by atoms with Crippen molar-refractivity contribution >= 4 is 17.0 Å². The molecule has 6 heteroatoms. The molecule has 5 nitrogen and oxygen atoms in total. The van der Waals surface area contributed by atoms with Gasteiger partial charge >= 0.3 is 0 Å². The van der Waals surface area contributed by atoms with Gasteiger partial charge in [0.25, 0.3) is 5.69 Å². The lowest BCUT2D eigenvalue weighted by Gasteiger charge is -2.00. The zero-order valence-corrected chi connectivity index (χ0v) is 10.7. The summed E-state index contributed by atoms with van der Waals surface area (Å²) < 4.78 is 0. The quantitative estimate of drug-likeness (QED) is 0.679. The average Bonchev–Trinajstić information content (AvgIpc) is 2.76. The number of para-hydroxylation sites is 1. The molecule has 0 radical (unpaired) electrons. The van der Waals surface area contributed by atoms with Crippen LogP contribution in [-0.2, 0) is 6.42 Å². The summed E-state index contributed by atoms with van der Waals surface area (Å²) in [6.07, 6.45) is 0.686. The molecular formula is C12H13N3O2S. The summed E-state index contributed by atoms with van der Waals surface area (Å²) in [4.78, 5) is 14.9. The molecule has 0 fully saturated rings. The van der Waals surface area contributed by atoms with Gasteiger partial charge in [0.15, 0.2) is 0 Å². The second-order valence-electron chi connectivity index (χ2n) is 4.08. The van der Waals surface area contributed by atoms with E-state index in [0.717, 1.165) is 5.01 Å². The minimum absolute atomic E-state index is 0.0368. The van der Waals surface area contributed by atoms with Crippen LogP contribution in [0.2, 0.25) is 0 Å². The van der Waals surface area contributed by atoms with Gasteiger partial charge in [0.05, 0.1) is 21.2 Å². The molecule has 0 aliphatic heterocycles. The molecule has 0 bridgehead atoms. The Balaban J connectivity index is 2.37. The predicted octanol–water partition coefficient (Wildman–Crippen LogP) is 2.61. The summed E-state index contributed by atoms with van der Waals surface area (Å²) in [5.74, 6) is 0. The molecule has 2 rings (SSSR count). The zero-order chi connectivity index (χ0) is 13.1. The van der Waals surface area contributed by atoms with E-state index in [0.29, 0.717) is 17.7 Å². The first-order valence-corrected chi connectivity index (χ1v) is 6.39. The lowest BCUT2D eigenvalue weighted by molar-refractivity contribution is -0.384. The molecule has 1 unspecified atom stereocenters. The normalized spacial score (nSPS) is 12.3. The fourth-order valence-electron chi connectivity index (χ4n) is 1.65. The molecular weight excluding hydrogens is 250 g/mol. The van der Waals surface area contributed by atoms with Crippen molar-refractivity contribution in [2.24, 2.45) is 5.73 Å². The molecule has 0 aliphatic rings. The Morgan fingerprint density at radius 1 is 1.50 bits per heavy atom. The van der Waals surface area contributed by atoms with E-state index in [2.05, 4.69) is 4.98 Å². The summed E-state index contributed by atoms with van der Waals surface area (Å²) >= 11 is 1.48. The molecule has 0 saturated carbocycles. The number of rotatable bonds is 4. The third-order valence-corrected chi connectivity index (χ3v) is 3.30. The van der Waals surface area contributed by atoms with Gasteiger partial charge in [-0.25, -0.2) is 4.98 Å². The fraction of sp³-hybridized carbons (Fsp3) is 0.250. The lowest BCUT2D eigenvalue weighted by atomic mass is 10.1. The number of nitro benzene ring substituents is 1. The van der Waals surface area contributed by atoms with Crippen LogP contribution in [0.25, 0.3) is 11.3 Å². The van der Waals surface area contributed by atoms with Gasteiger partial charge < -0.3 is 5.73 Å². The van der Waals surface area contributed by atoms with Crippen molar-refractivity contribution < 1.29 is 4.92 Å². The van der Waals surface area contributed by atoms with E-state index in [1.54, 1.807) is 18.2 Å². The Morgan fingerprint density at radius 2 is 2.22 bits per heavy atom. The van der Waals surface area contributed by atoms with E-state index in [1.165, 1.54) is 17.4 Å². The van der Waals surface area contributed by atoms with Crippen LogP contribution in [0.5, 0.6) is 0 Å². The molecule has 0 saturated heterocycles. The monoisotopic (exact) mass is 263 g/mol. The first-order valence-electron chi connectivity index (χ1n) is 5.51. The maximum atomic E-state index is 10.9. The van der Waals surface area contributed by atoms with Crippen LogP contribution >= 0.6 is 11.3 Å². The van der Waals surface area contributed by atoms with Gasteiger partial charge in [-0.05, 0) is 13.0 Å². The Labute approximate surface area is 108 Å². The molecule has 1 aromatic heterocycles. The summed E-state index contributed by atoms with van der Waals surface area (Å²) in [6, 6.07) is 6.65. The highest BCUT2D eigenvalue weighted by atomic mass is 32.1. The van der Waals surface area contributed by atoms with Crippen LogP contribution < -0.4 is 5.73 Å². The molecule has 0 amide bonds. The van der Waals surface area contributed by atoms with Gasteiger partial charge in [-0.1, -0.05) is 12.1 Å². The topological polar surface area (TPSA) is 82.0 Å². The maximum absolute atomic E-state index is 10.9. The number of nitrogens with two attached hydrogens (primary N) is 1. The van der Waals surface area contributed by atoms with Crippen LogP contribution in [0.4, 0.5) is 5.69 Å². The number of nitro groups is 1. The van der Waals surface area contributed by atoms with Gasteiger partial charge in [0.1, 0.15) is 0 Å². The second-order valence-corrected chi connectivity index (χ2v) is 5.02. The second kappa shape index (κ2) is 5.24. The molecule has 2 N–H and O–H groups in total. The van der Waals surface area contributed by atoms with E-state index >= 15 is 0 Å². The number of aromatic nitrogens is 1. The number of nitrogens with zero attached hydrogens (tertiary/aromatic N) is 2. The summed E-state index contributed by atoms with van der Waals surface area (Å²) in [7, 11) is 0. The van der Waals surface area contributed by atoms with E-state index in [-0.39, 0.29) is 16.7 Å². The molecule has 94 valence electrons. The molecule has 0 spiro atoms. The largest absolute Gasteiger partial charge is 0.328 e. The van der Waals surface area contributed by atoms with Crippen LogP contribution in [0.15, 0.2) is 29.6 Å². The third-order valence-electron chi connectivity index (χ3n) is 2.43. The van der Waals surface area contributed by atoms with Crippen molar-refractivity contribution in [3.8, 4) is 11.3 Å². The minimum atomic E-state index is -0.389. The van der Waals surface area contributed by atoms with Crippen molar-refractivity contribution in [1.29, 1.82) is 0 Å². The fourth-order valence-corrected chi connectivity index (χ4v) is 2.59. The predicted molar refractivity (Wildman–Crippen MR) is 71.6 cm³/mol. The number of hydrogen-bond donors (Lipinski definition) is 1. The van der Waals surface area contributed by atoms with Crippen LogP contribution in [-0.4, -0.2) is 15.9 Å². The van der Waals surface area contributed by atoms with E-state index in [4.69, 9.17) is 5.73 Å². The van der Waals surface area contributed by atoms with Crippen molar-refractivity contribution in [2.45, 2.75) is 19.4 Å². The molecule has 1 heterocycles. The van der Waals surface area contributed by atoms with Gasteiger partial charge in [0.2, 0.25) is 0 Å². The number of hydrogen-bond acceptors (Lipinski definition) is 5. The van der Waals surface area contributed by atoms with Gasteiger partial charge in [0, 0.05) is 23.9 Å². The third kappa shape index (κ3) is 2.72. The Hall–Kier alpha value is -1.79. The Kier molecular flexibility index (Phi) is 3.69. The SMILES string of the molecule is CC(N)Cc1nc(-c2ccccc2[N+](=O)[O-])cs1. The summed E-state index contributed by atoms with van der Waals surface area (Å²) in [5, 5.41) is 13.7. The highest BCUT2D eigenvalue weighted by molar-refractivity contribution is 7.09. The standard InChI is InChI=1S/C12H13N3O2S/c1-8(13)6-12-14-10(7-18-12)9-4-2-3-5-11(9)15(16)17/h2-5,7-8H,6,13H2,1H3. The Morgan fingerprint density at radius 3 is 2.89 bits per heavy atom. The van der Waals surface area contributed by atoms with Crippen LogP contribution in [0.3, 0.4) is 0 Å². The molecule has 1 atom stereocenters. The van der Waals surface area contributed by atoms with Crippen molar-refractivity contribution in [3.63, 3.8) is 0 Å². The van der Waals surface area contributed by atoms with Crippen LogP contribution in [0.1, 0.15) is 11.9 Å². The highest BCUT2D eigenvalue weighted by Crippen LogP contribution is 2.30. The highest BCUT2D eigenvalue weighted by Gasteiger charge is 2.16.